The smallest absolute Gasteiger partial charge is 0.0101 e. The Labute approximate surface area is 76.3 Å². The molecule has 0 aromatic heterocycles. The van der Waals surface area contributed by atoms with E-state index in [9.17, 15) is 0 Å². The molecule has 1 unspecified atom stereocenters. The zero-order valence-electron chi connectivity index (χ0n) is 8.64. The van der Waals surface area contributed by atoms with Crippen molar-refractivity contribution < 1.29 is 0 Å². The van der Waals surface area contributed by atoms with Gasteiger partial charge in [-0.25, -0.2) is 0 Å². The molecule has 0 aromatic rings. The van der Waals surface area contributed by atoms with Crippen LogP contribution in [-0.2, 0) is 0 Å². The quantitative estimate of drug-likeness (QED) is 0.537. The van der Waals surface area contributed by atoms with Crippen molar-refractivity contribution in [3.8, 4) is 0 Å². The summed E-state index contributed by atoms with van der Waals surface area (Å²) in [6.07, 6.45) is 1.12. The molecule has 12 heavy (non-hydrogen) atoms. The van der Waals surface area contributed by atoms with Crippen molar-refractivity contribution in [2.75, 3.05) is 40.3 Å². The van der Waals surface area contributed by atoms with Crippen molar-refractivity contribution in [1.82, 2.24) is 10.2 Å². The lowest BCUT2D eigenvalue weighted by Gasteiger charge is -2.13. The lowest BCUT2D eigenvalue weighted by molar-refractivity contribution is 0.387. The fourth-order valence-electron chi connectivity index (χ4n) is 1.04. The summed E-state index contributed by atoms with van der Waals surface area (Å²) in [6.45, 7) is 6.30. The molecule has 0 aromatic carbocycles. The van der Waals surface area contributed by atoms with Gasteiger partial charge in [-0.15, -0.1) is 0 Å². The molecule has 0 amide bonds. The highest BCUT2D eigenvalue weighted by molar-refractivity contribution is 4.58. The molecule has 3 heteroatoms. The Morgan fingerprint density at radius 2 is 2.08 bits per heavy atom. The lowest BCUT2D eigenvalue weighted by Crippen LogP contribution is -2.30. The number of nitrogens with one attached hydrogen (secondary N) is 1. The molecule has 74 valence electrons. The minimum Gasteiger partial charge on any atom is -0.330 e. The van der Waals surface area contributed by atoms with Gasteiger partial charge in [0.15, 0.2) is 0 Å². The first kappa shape index (κ1) is 11.9. The molecular weight excluding hydrogens is 150 g/mol. The summed E-state index contributed by atoms with van der Waals surface area (Å²) >= 11 is 0. The highest BCUT2D eigenvalue weighted by Gasteiger charge is 1.98. The van der Waals surface area contributed by atoms with Crippen molar-refractivity contribution in [1.29, 1.82) is 0 Å². The van der Waals surface area contributed by atoms with Gasteiger partial charge in [-0.3, -0.25) is 0 Å². The Morgan fingerprint density at radius 1 is 1.42 bits per heavy atom. The zero-order valence-corrected chi connectivity index (χ0v) is 8.64. The Kier molecular flexibility index (Phi) is 7.45. The SMILES string of the molecule is CC(CCN)CNCCN(C)C. The standard InChI is InChI=1S/C9H23N3/c1-9(4-5-10)8-11-6-7-12(2)3/h9,11H,4-8,10H2,1-3H3. The van der Waals surface area contributed by atoms with E-state index in [2.05, 4.69) is 31.2 Å². The highest BCUT2D eigenvalue weighted by Crippen LogP contribution is 1.96. The molecule has 0 rings (SSSR count). The van der Waals surface area contributed by atoms with E-state index in [1.54, 1.807) is 0 Å². The predicted molar refractivity (Wildman–Crippen MR) is 54.3 cm³/mol. The number of rotatable bonds is 7. The van der Waals surface area contributed by atoms with Crippen LogP contribution in [-0.4, -0.2) is 45.2 Å². The Bertz CT molecular complexity index is 93.8. The van der Waals surface area contributed by atoms with Gasteiger partial charge < -0.3 is 16.0 Å². The second-order valence-electron chi connectivity index (χ2n) is 3.69. The van der Waals surface area contributed by atoms with Gasteiger partial charge in [0.05, 0.1) is 0 Å². The molecule has 0 aliphatic carbocycles. The minimum atomic E-state index is 0.706. The Hall–Kier alpha value is -0.120. The van der Waals surface area contributed by atoms with Crippen LogP contribution in [0.15, 0.2) is 0 Å². The van der Waals surface area contributed by atoms with Crippen LogP contribution in [0.1, 0.15) is 13.3 Å². The second-order valence-corrected chi connectivity index (χ2v) is 3.69. The van der Waals surface area contributed by atoms with Gasteiger partial charge in [-0.05, 0) is 39.5 Å². The molecule has 0 aliphatic heterocycles. The molecule has 3 N–H and O–H groups in total. The van der Waals surface area contributed by atoms with Gasteiger partial charge in [0.25, 0.3) is 0 Å². The third kappa shape index (κ3) is 7.98. The summed E-state index contributed by atoms with van der Waals surface area (Å²) in [5.41, 5.74) is 5.45. The van der Waals surface area contributed by atoms with Crippen LogP contribution in [0.4, 0.5) is 0 Å². The van der Waals surface area contributed by atoms with Gasteiger partial charge in [0.1, 0.15) is 0 Å². The van der Waals surface area contributed by atoms with Crippen molar-refractivity contribution in [3.63, 3.8) is 0 Å². The van der Waals surface area contributed by atoms with Crippen molar-refractivity contribution >= 4 is 0 Å². The van der Waals surface area contributed by atoms with E-state index in [1.807, 2.05) is 0 Å². The third-order valence-corrected chi connectivity index (χ3v) is 1.89. The van der Waals surface area contributed by atoms with Gasteiger partial charge in [0, 0.05) is 13.1 Å². The summed E-state index contributed by atoms with van der Waals surface area (Å²) in [7, 11) is 4.18. The molecule has 3 nitrogen and oxygen atoms in total. The average molecular weight is 173 g/mol. The molecule has 0 saturated heterocycles. The van der Waals surface area contributed by atoms with Gasteiger partial charge in [-0.1, -0.05) is 6.92 Å². The van der Waals surface area contributed by atoms with Crippen molar-refractivity contribution in [3.05, 3.63) is 0 Å². The topological polar surface area (TPSA) is 41.3 Å². The van der Waals surface area contributed by atoms with E-state index in [-0.39, 0.29) is 0 Å². The van der Waals surface area contributed by atoms with E-state index >= 15 is 0 Å². The van der Waals surface area contributed by atoms with Gasteiger partial charge in [-0.2, -0.15) is 0 Å². The Balaban J connectivity index is 3.08. The van der Waals surface area contributed by atoms with Crippen molar-refractivity contribution in [2.45, 2.75) is 13.3 Å². The number of likely N-dealkylation sites (N-methyl/N-ethyl adjacent to an activating group) is 1. The van der Waals surface area contributed by atoms with Crippen LogP contribution < -0.4 is 11.1 Å². The fraction of sp³-hybridized carbons (Fsp3) is 1.00. The molecule has 0 bridgehead atoms. The number of nitrogens with two attached hydrogens (primary N) is 1. The van der Waals surface area contributed by atoms with Crippen LogP contribution in [0.5, 0.6) is 0 Å². The van der Waals surface area contributed by atoms with Crippen LogP contribution in [0.3, 0.4) is 0 Å². The summed E-state index contributed by atoms with van der Waals surface area (Å²) in [5.74, 6) is 0.706. The summed E-state index contributed by atoms with van der Waals surface area (Å²) < 4.78 is 0. The van der Waals surface area contributed by atoms with E-state index < -0.39 is 0 Å². The largest absolute Gasteiger partial charge is 0.330 e. The van der Waals surface area contributed by atoms with Crippen LogP contribution >= 0.6 is 0 Å². The van der Waals surface area contributed by atoms with Crippen molar-refractivity contribution in [2.24, 2.45) is 11.7 Å². The third-order valence-electron chi connectivity index (χ3n) is 1.89. The molecule has 0 heterocycles. The molecular formula is C9H23N3. The maximum Gasteiger partial charge on any atom is 0.0101 e. The number of hydrogen-bond acceptors (Lipinski definition) is 3. The zero-order chi connectivity index (χ0) is 9.40. The summed E-state index contributed by atoms with van der Waals surface area (Å²) in [6, 6.07) is 0. The number of hydrogen-bond donors (Lipinski definition) is 2. The van der Waals surface area contributed by atoms with Crippen LogP contribution in [0.2, 0.25) is 0 Å². The lowest BCUT2D eigenvalue weighted by atomic mass is 10.1. The second kappa shape index (κ2) is 7.53. The van der Waals surface area contributed by atoms with Crippen LogP contribution in [0, 0.1) is 5.92 Å². The van der Waals surface area contributed by atoms with E-state index in [0.29, 0.717) is 5.92 Å². The minimum absolute atomic E-state index is 0.706. The van der Waals surface area contributed by atoms with Crippen LogP contribution in [0.25, 0.3) is 0 Å². The molecule has 0 radical (unpaired) electrons. The first-order chi connectivity index (χ1) is 5.66. The summed E-state index contributed by atoms with van der Waals surface area (Å²) in [5, 5.41) is 3.40. The molecule has 0 fully saturated rings. The number of nitrogens with zero attached hydrogens (tertiary/aromatic N) is 1. The summed E-state index contributed by atoms with van der Waals surface area (Å²) in [4.78, 5) is 2.18. The maximum absolute atomic E-state index is 5.45. The first-order valence-electron chi connectivity index (χ1n) is 4.72. The normalized spacial score (nSPS) is 13.8. The monoisotopic (exact) mass is 173 g/mol. The van der Waals surface area contributed by atoms with E-state index in [0.717, 1.165) is 32.6 Å². The van der Waals surface area contributed by atoms with Gasteiger partial charge in [0.2, 0.25) is 0 Å². The maximum atomic E-state index is 5.45. The highest BCUT2D eigenvalue weighted by atomic mass is 15.1. The first-order valence-corrected chi connectivity index (χ1v) is 4.72. The average Bonchev–Trinajstić information content (AvgIpc) is 1.98. The van der Waals surface area contributed by atoms with E-state index in [4.69, 9.17) is 5.73 Å². The fourth-order valence-corrected chi connectivity index (χ4v) is 1.04. The molecule has 0 saturated carbocycles. The Morgan fingerprint density at radius 3 is 2.58 bits per heavy atom. The van der Waals surface area contributed by atoms with Gasteiger partial charge >= 0.3 is 0 Å². The molecule has 0 spiro atoms. The predicted octanol–water partition coefficient (Wildman–Crippen LogP) is 0.123. The molecule has 1 atom stereocenters. The molecule has 0 aliphatic rings. The van der Waals surface area contributed by atoms with E-state index in [1.165, 1.54) is 0 Å².